The number of hydrogen-bond donors (Lipinski definition) is 2. The average molecular weight is 451 g/mol. The number of likely N-dealkylation sites (tertiary alicyclic amines) is 1. The van der Waals surface area contributed by atoms with Crippen LogP contribution in [0.25, 0.3) is 27.6 Å². The van der Waals surface area contributed by atoms with Gasteiger partial charge < -0.3 is 20.1 Å². The molecule has 0 atom stereocenters. The second-order valence-corrected chi connectivity index (χ2v) is 8.43. The first kappa shape index (κ1) is 20.3. The summed E-state index contributed by atoms with van der Waals surface area (Å²) in [4.78, 5) is 28.2. The topological polar surface area (TPSA) is 105 Å². The van der Waals surface area contributed by atoms with E-state index in [4.69, 9.17) is 14.7 Å². The zero-order valence-corrected chi connectivity index (χ0v) is 18.2. The first-order chi connectivity index (χ1) is 15.6. The van der Waals surface area contributed by atoms with E-state index in [-0.39, 0.29) is 17.9 Å². The standard InChI is InChI=1S/C22H22N6O3S/c1-31-22(30)27-9-6-15(7-10-27)24-20-23-8-5-17(25-20)19-18(14-3-2-4-16(29)13-14)26-21-28(19)11-12-32-21/h2-5,8,11-13,15,29H,6-7,9-10H2,1H3,(H,23,24,25). The lowest BCUT2D eigenvalue weighted by atomic mass is 10.1. The first-order valence-electron chi connectivity index (χ1n) is 10.3. The molecule has 5 rings (SSSR count). The van der Waals surface area contributed by atoms with Crippen LogP contribution < -0.4 is 5.32 Å². The predicted molar refractivity (Wildman–Crippen MR) is 122 cm³/mol. The van der Waals surface area contributed by atoms with Crippen molar-refractivity contribution in [1.29, 1.82) is 0 Å². The summed E-state index contributed by atoms with van der Waals surface area (Å²) in [6.45, 7) is 1.26. The molecular formula is C22H22N6O3S. The summed E-state index contributed by atoms with van der Waals surface area (Å²) in [6.07, 6.45) is 4.98. The van der Waals surface area contributed by atoms with E-state index in [9.17, 15) is 9.90 Å². The molecule has 1 aliphatic rings. The maximum atomic E-state index is 11.7. The van der Waals surface area contributed by atoms with Gasteiger partial charge in [0.2, 0.25) is 5.95 Å². The summed E-state index contributed by atoms with van der Waals surface area (Å²) in [7, 11) is 1.40. The number of anilines is 1. The number of rotatable bonds is 4. The molecule has 4 aromatic rings. The molecule has 0 bridgehead atoms. The van der Waals surface area contributed by atoms with Crippen LogP contribution in [0.4, 0.5) is 10.7 Å². The highest BCUT2D eigenvalue weighted by Gasteiger charge is 2.24. The van der Waals surface area contributed by atoms with Crippen LogP contribution in [0.15, 0.2) is 48.1 Å². The second kappa shape index (κ2) is 8.46. The van der Waals surface area contributed by atoms with Crippen molar-refractivity contribution in [1.82, 2.24) is 24.3 Å². The molecule has 0 saturated carbocycles. The molecule has 2 N–H and O–H groups in total. The molecule has 0 unspecified atom stereocenters. The Labute approximate surface area is 188 Å². The van der Waals surface area contributed by atoms with E-state index >= 15 is 0 Å². The van der Waals surface area contributed by atoms with Crippen molar-refractivity contribution in [2.75, 3.05) is 25.5 Å². The van der Waals surface area contributed by atoms with Crippen LogP contribution in [0, 0.1) is 0 Å². The number of hydrogen-bond acceptors (Lipinski definition) is 8. The number of piperidine rings is 1. The number of aromatic hydroxyl groups is 1. The van der Waals surface area contributed by atoms with Crippen molar-refractivity contribution >= 4 is 28.3 Å². The predicted octanol–water partition coefficient (Wildman–Crippen LogP) is 3.87. The Hall–Kier alpha value is -3.66. The molecule has 164 valence electrons. The molecule has 9 nitrogen and oxygen atoms in total. The van der Waals surface area contributed by atoms with Crippen molar-refractivity contribution in [3.05, 3.63) is 48.1 Å². The summed E-state index contributed by atoms with van der Waals surface area (Å²) in [5, 5.41) is 15.3. The van der Waals surface area contributed by atoms with Gasteiger partial charge in [-0.05, 0) is 31.0 Å². The number of nitrogens with one attached hydrogen (secondary N) is 1. The zero-order valence-electron chi connectivity index (χ0n) is 17.4. The minimum absolute atomic E-state index is 0.170. The molecule has 1 amide bonds. The quantitative estimate of drug-likeness (QED) is 0.486. The number of aromatic nitrogens is 4. The van der Waals surface area contributed by atoms with Gasteiger partial charge in [0.15, 0.2) is 4.96 Å². The van der Waals surface area contributed by atoms with Crippen molar-refractivity contribution in [3.8, 4) is 28.4 Å². The average Bonchev–Trinajstić information content (AvgIpc) is 3.41. The van der Waals surface area contributed by atoms with Crippen molar-refractivity contribution in [2.45, 2.75) is 18.9 Å². The van der Waals surface area contributed by atoms with Gasteiger partial charge in [-0.25, -0.2) is 19.7 Å². The fourth-order valence-electron chi connectivity index (χ4n) is 3.96. The Morgan fingerprint density at radius 2 is 2.09 bits per heavy atom. The lowest BCUT2D eigenvalue weighted by Crippen LogP contribution is -2.42. The van der Waals surface area contributed by atoms with E-state index < -0.39 is 0 Å². The molecule has 0 radical (unpaired) electrons. The van der Waals surface area contributed by atoms with Crippen LogP contribution in [-0.2, 0) is 4.74 Å². The van der Waals surface area contributed by atoms with E-state index in [0.29, 0.717) is 19.0 Å². The highest BCUT2D eigenvalue weighted by molar-refractivity contribution is 7.15. The summed E-state index contributed by atoms with van der Waals surface area (Å²) < 4.78 is 6.81. The molecule has 0 spiro atoms. The number of phenols is 1. The Morgan fingerprint density at radius 1 is 1.25 bits per heavy atom. The number of thiazole rings is 1. The maximum absolute atomic E-state index is 11.7. The van der Waals surface area contributed by atoms with Gasteiger partial charge in [-0.2, -0.15) is 0 Å². The molecular weight excluding hydrogens is 428 g/mol. The van der Waals surface area contributed by atoms with Crippen LogP contribution in [0.2, 0.25) is 0 Å². The fraction of sp³-hybridized carbons (Fsp3) is 0.273. The van der Waals surface area contributed by atoms with E-state index in [1.54, 1.807) is 40.6 Å². The molecule has 10 heteroatoms. The highest BCUT2D eigenvalue weighted by Crippen LogP contribution is 2.34. The summed E-state index contributed by atoms with van der Waals surface area (Å²) in [5.41, 5.74) is 3.15. The number of imidazole rings is 1. The number of fused-ring (bicyclic) bond motifs is 1. The monoisotopic (exact) mass is 450 g/mol. The van der Waals surface area contributed by atoms with Crippen LogP contribution in [0.5, 0.6) is 5.75 Å². The third-order valence-corrected chi connectivity index (χ3v) is 6.30. The van der Waals surface area contributed by atoms with Gasteiger partial charge in [0.05, 0.1) is 18.5 Å². The van der Waals surface area contributed by atoms with Gasteiger partial charge in [0.25, 0.3) is 0 Å². The van der Waals surface area contributed by atoms with Gasteiger partial charge in [-0.1, -0.05) is 12.1 Å². The van der Waals surface area contributed by atoms with E-state index in [2.05, 4.69) is 10.3 Å². The minimum Gasteiger partial charge on any atom is -0.508 e. The lowest BCUT2D eigenvalue weighted by Gasteiger charge is -2.31. The molecule has 32 heavy (non-hydrogen) atoms. The molecule has 1 aromatic carbocycles. The third kappa shape index (κ3) is 3.84. The van der Waals surface area contributed by atoms with Crippen molar-refractivity contribution in [3.63, 3.8) is 0 Å². The summed E-state index contributed by atoms with van der Waals surface area (Å²) in [6, 6.07) is 9.09. The Kier molecular flexibility index (Phi) is 5.36. The van der Waals surface area contributed by atoms with Gasteiger partial charge in [0, 0.05) is 42.5 Å². The number of benzene rings is 1. The maximum Gasteiger partial charge on any atom is 0.409 e. The zero-order chi connectivity index (χ0) is 22.1. The number of carbonyl (C=O) groups excluding carboxylic acids is 1. The van der Waals surface area contributed by atoms with Crippen molar-refractivity contribution < 1.29 is 14.6 Å². The van der Waals surface area contributed by atoms with Gasteiger partial charge in [-0.15, -0.1) is 11.3 Å². The number of amides is 1. The van der Waals surface area contributed by atoms with Crippen LogP contribution in [-0.4, -0.2) is 61.7 Å². The third-order valence-electron chi connectivity index (χ3n) is 5.54. The fourth-order valence-corrected chi connectivity index (χ4v) is 4.68. The molecule has 1 fully saturated rings. The van der Waals surface area contributed by atoms with Crippen LogP contribution >= 0.6 is 11.3 Å². The highest BCUT2D eigenvalue weighted by atomic mass is 32.1. The molecule has 4 heterocycles. The van der Waals surface area contributed by atoms with Crippen LogP contribution in [0.1, 0.15) is 12.8 Å². The summed E-state index contributed by atoms with van der Waals surface area (Å²) >= 11 is 1.54. The van der Waals surface area contributed by atoms with Crippen LogP contribution in [0.3, 0.4) is 0 Å². The number of methoxy groups -OCH3 is 1. The number of phenolic OH excluding ortho intramolecular Hbond substituents is 1. The van der Waals surface area contributed by atoms with Gasteiger partial charge >= 0.3 is 6.09 Å². The second-order valence-electron chi connectivity index (χ2n) is 7.56. The molecule has 3 aromatic heterocycles. The smallest absolute Gasteiger partial charge is 0.409 e. The lowest BCUT2D eigenvalue weighted by molar-refractivity contribution is 0.113. The number of ether oxygens (including phenoxy) is 1. The summed E-state index contributed by atoms with van der Waals surface area (Å²) in [5.74, 6) is 0.721. The molecule has 1 aliphatic heterocycles. The molecule has 1 saturated heterocycles. The Bertz CT molecular complexity index is 1260. The Morgan fingerprint density at radius 3 is 2.88 bits per heavy atom. The SMILES string of the molecule is COC(=O)N1CCC(Nc2nccc(-c3c(-c4cccc(O)c4)nc4sccn34)n2)CC1. The van der Waals surface area contributed by atoms with Crippen molar-refractivity contribution in [2.24, 2.45) is 0 Å². The van der Waals surface area contributed by atoms with E-state index in [1.807, 2.05) is 28.1 Å². The minimum atomic E-state index is -0.290. The molecule has 0 aliphatic carbocycles. The number of nitrogens with zero attached hydrogens (tertiary/aromatic N) is 5. The Balaban J connectivity index is 1.43. The first-order valence-corrected chi connectivity index (χ1v) is 11.2. The van der Waals surface area contributed by atoms with E-state index in [0.717, 1.165) is 40.4 Å². The van der Waals surface area contributed by atoms with Gasteiger partial charge in [0.1, 0.15) is 11.4 Å². The largest absolute Gasteiger partial charge is 0.508 e. The normalized spacial score (nSPS) is 14.6. The number of carbonyl (C=O) groups is 1. The van der Waals surface area contributed by atoms with Gasteiger partial charge in [-0.3, -0.25) is 4.40 Å². The van der Waals surface area contributed by atoms with E-state index in [1.165, 1.54) is 7.11 Å².